The molecule has 90 valence electrons. The van der Waals surface area contributed by atoms with E-state index >= 15 is 0 Å². The Morgan fingerprint density at radius 2 is 2.12 bits per heavy atom. The van der Waals surface area contributed by atoms with Gasteiger partial charge in [0.1, 0.15) is 0 Å². The van der Waals surface area contributed by atoms with Crippen LogP contribution in [0.5, 0.6) is 0 Å². The van der Waals surface area contributed by atoms with Crippen LogP contribution < -0.4 is 0 Å². The maximum Gasteiger partial charge on any atom is 0.178 e. The van der Waals surface area contributed by atoms with Crippen molar-refractivity contribution >= 4 is 23.3 Å². The Hall–Kier alpha value is -1.09. The van der Waals surface area contributed by atoms with Gasteiger partial charge in [-0.3, -0.25) is 0 Å². The predicted molar refractivity (Wildman–Crippen MR) is 73.8 cm³/mol. The number of aryl methyl sites for hydroxylation is 1. The van der Waals surface area contributed by atoms with E-state index in [-0.39, 0.29) is 0 Å². The van der Waals surface area contributed by atoms with E-state index in [0.717, 1.165) is 17.2 Å². The molecule has 1 aliphatic rings. The summed E-state index contributed by atoms with van der Waals surface area (Å²) in [5, 5.41) is 0. The molecule has 0 aliphatic heterocycles. The number of imidazole rings is 1. The van der Waals surface area contributed by atoms with Crippen molar-refractivity contribution in [1.82, 2.24) is 9.55 Å². The molecule has 1 heterocycles. The van der Waals surface area contributed by atoms with E-state index < -0.39 is 0 Å². The second-order valence-corrected chi connectivity index (χ2v) is 5.60. The maximum atomic E-state index is 5.44. The minimum Gasteiger partial charge on any atom is -0.331 e. The lowest BCUT2D eigenvalue weighted by Gasteiger charge is -2.11. The number of hydrogen-bond acceptors (Lipinski definition) is 1. The molecule has 0 spiro atoms. The SMILES string of the molecule is Cc1ccc2[nH]c(=S)n(CC3CCCC3)c2c1. The number of nitrogens with one attached hydrogen (secondary N) is 1. The van der Waals surface area contributed by atoms with Gasteiger partial charge in [0.15, 0.2) is 4.77 Å². The minimum absolute atomic E-state index is 0.821. The van der Waals surface area contributed by atoms with Crippen LogP contribution in [0.3, 0.4) is 0 Å². The van der Waals surface area contributed by atoms with Gasteiger partial charge in [-0.05, 0) is 55.6 Å². The smallest absolute Gasteiger partial charge is 0.178 e. The van der Waals surface area contributed by atoms with Gasteiger partial charge < -0.3 is 9.55 Å². The monoisotopic (exact) mass is 246 g/mol. The summed E-state index contributed by atoms with van der Waals surface area (Å²) in [6.45, 7) is 3.22. The van der Waals surface area contributed by atoms with Gasteiger partial charge in [-0.25, -0.2) is 0 Å². The van der Waals surface area contributed by atoms with Gasteiger partial charge in [0.05, 0.1) is 11.0 Å². The van der Waals surface area contributed by atoms with Crippen molar-refractivity contribution in [1.29, 1.82) is 0 Å². The van der Waals surface area contributed by atoms with Crippen LogP contribution in [-0.4, -0.2) is 9.55 Å². The summed E-state index contributed by atoms with van der Waals surface area (Å²) in [6, 6.07) is 6.50. The molecular formula is C14H18N2S. The van der Waals surface area contributed by atoms with Crippen molar-refractivity contribution in [3.8, 4) is 0 Å². The molecule has 0 atom stereocenters. The van der Waals surface area contributed by atoms with E-state index in [1.165, 1.54) is 42.3 Å². The van der Waals surface area contributed by atoms with Crippen LogP contribution >= 0.6 is 12.2 Å². The van der Waals surface area contributed by atoms with Crippen molar-refractivity contribution in [3.63, 3.8) is 0 Å². The highest BCUT2D eigenvalue weighted by Crippen LogP contribution is 2.28. The van der Waals surface area contributed by atoms with Crippen LogP contribution in [0.2, 0.25) is 0 Å². The second-order valence-electron chi connectivity index (χ2n) is 5.21. The minimum atomic E-state index is 0.821. The van der Waals surface area contributed by atoms with Crippen molar-refractivity contribution in [2.24, 2.45) is 5.92 Å². The van der Waals surface area contributed by atoms with E-state index in [1.54, 1.807) is 0 Å². The third-order valence-electron chi connectivity index (χ3n) is 3.85. The zero-order valence-corrected chi connectivity index (χ0v) is 11.0. The summed E-state index contributed by atoms with van der Waals surface area (Å²) >= 11 is 5.44. The average molecular weight is 246 g/mol. The maximum absolute atomic E-state index is 5.44. The fourth-order valence-electron chi connectivity index (χ4n) is 2.90. The molecule has 3 rings (SSSR count). The van der Waals surface area contributed by atoms with Gasteiger partial charge in [0, 0.05) is 6.54 Å². The molecule has 1 aromatic carbocycles. The lowest BCUT2D eigenvalue weighted by Crippen LogP contribution is -2.07. The lowest BCUT2D eigenvalue weighted by molar-refractivity contribution is 0.461. The van der Waals surface area contributed by atoms with Gasteiger partial charge in [0.25, 0.3) is 0 Å². The lowest BCUT2D eigenvalue weighted by atomic mass is 10.1. The van der Waals surface area contributed by atoms with Gasteiger partial charge in [-0.15, -0.1) is 0 Å². The molecule has 0 saturated heterocycles. The number of benzene rings is 1. The van der Waals surface area contributed by atoms with Gasteiger partial charge in [0.2, 0.25) is 0 Å². The summed E-state index contributed by atoms with van der Waals surface area (Å²) in [6.07, 6.45) is 5.50. The first kappa shape index (κ1) is 11.0. The number of aromatic amines is 1. The van der Waals surface area contributed by atoms with Crippen LogP contribution in [0.4, 0.5) is 0 Å². The van der Waals surface area contributed by atoms with Crippen LogP contribution in [0, 0.1) is 17.6 Å². The largest absolute Gasteiger partial charge is 0.331 e. The molecule has 1 aliphatic carbocycles. The number of hydrogen-bond donors (Lipinski definition) is 1. The Morgan fingerprint density at radius 3 is 2.88 bits per heavy atom. The van der Waals surface area contributed by atoms with Crippen molar-refractivity contribution in [3.05, 3.63) is 28.5 Å². The first-order valence-corrected chi connectivity index (χ1v) is 6.84. The van der Waals surface area contributed by atoms with Crippen molar-refractivity contribution in [2.75, 3.05) is 0 Å². The van der Waals surface area contributed by atoms with E-state index in [2.05, 4.69) is 34.7 Å². The van der Waals surface area contributed by atoms with Gasteiger partial charge in [-0.2, -0.15) is 0 Å². The van der Waals surface area contributed by atoms with Crippen LogP contribution in [-0.2, 0) is 6.54 Å². The van der Waals surface area contributed by atoms with Crippen molar-refractivity contribution < 1.29 is 0 Å². The summed E-state index contributed by atoms with van der Waals surface area (Å²) < 4.78 is 3.16. The summed E-state index contributed by atoms with van der Waals surface area (Å²) in [5.41, 5.74) is 3.73. The highest BCUT2D eigenvalue weighted by atomic mass is 32.1. The third kappa shape index (κ3) is 2.04. The van der Waals surface area contributed by atoms with E-state index in [9.17, 15) is 0 Å². The molecule has 2 nitrogen and oxygen atoms in total. The summed E-state index contributed by atoms with van der Waals surface area (Å²) in [7, 11) is 0. The number of fused-ring (bicyclic) bond motifs is 1. The molecule has 2 aromatic rings. The molecule has 0 bridgehead atoms. The van der Waals surface area contributed by atoms with Crippen molar-refractivity contribution in [2.45, 2.75) is 39.2 Å². The number of H-pyrrole nitrogens is 1. The molecule has 0 radical (unpaired) electrons. The molecule has 0 unspecified atom stereocenters. The highest BCUT2D eigenvalue weighted by Gasteiger charge is 2.17. The zero-order chi connectivity index (χ0) is 11.8. The van der Waals surface area contributed by atoms with Crippen LogP contribution in [0.25, 0.3) is 11.0 Å². The molecule has 1 fully saturated rings. The van der Waals surface area contributed by atoms with Gasteiger partial charge in [-0.1, -0.05) is 18.9 Å². The first-order valence-electron chi connectivity index (χ1n) is 6.43. The first-order chi connectivity index (χ1) is 8.24. The normalized spacial score (nSPS) is 17.0. The molecule has 1 saturated carbocycles. The van der Waals surface area contributed by atoms with E-state index in [1.807, 2.05) is 0 Å². The quantitative estimate of drug-likeness (QED) is 0.788. The summed E-state index contributed by atoms with van der Waals surface area (Å²) in [5.74, 6) is 0.821. The second kappa shape index (κ2) is 4.30. The zero-order valence-electron chi connectivity index (χ0n) is 10.2. The Kier molecular flexibility index (Phi) is 2.79. The summed E-state index contributed by atoms with van der Waals surface area (Å²) in [4.78, 5) is 3.31. The third-order valence-corrected chi connectivity index (χ3v) is 4.17. The Labute approximate surface area is 107 Å². The number of rotatable bonds is 2. The highest BCUT2D eigenvalue weighted by molar-refractivity contribution is 7.71. The predicted octanol–water partition coefficient (Wildman–Crippen LogP) is 4.20. The molecule has 1 aromatic heterocycles. The fraction of sp³-hybridized carbons (Fsp3) is 0.500. The van der Waals surface area contributed by atoms with E-state index in [0.29, 0.717) is 0 Å². The standard InChI is InChI=1S/C14H18N2S/c1-10-6-7-12-13(8-10)16(14(17)15-12)9-11-4-2-3-5-11/h6-8,11H,2-5,9H2,1H3,(H,15,17). The molecule has 17 heavy (non-hydrogen) atoms. The van der Waals surface area contributed by atoms with Gasteiger partial charge >= 0.3 is 0 Å². The fourth-order valence-corrected chi connectivity index (χ4v) is 3.18. The molecule has 1 N–H and O–H groups in total. The number of nitrogens with zero attached hydrogens (tertiary/aromatic N) is 1. The Balaban J connectivity index is 2.04. The molecular weight excluding hydrogens is 228 g/mol. The van der Waals surface area contributed by atoms with E-state index in [4.69, 9.17) is 12.2 Å². The van der Waals surface area contributed by atoms with Crippen LogP contribution in [0.1, 0.15) is 31.2 Å². The van der Waals surface area contributed by atoms with Crippen LogP contribution in [0.15, 0.2) is 18.2 Å². The Bertz CT molecular complexity index is 588. The molecule has 3 heteroatoms. The topological polar surface area (TPSA) is 20.7 Å². The average Bonchev–Trinajstić information content (AvgIpc) is 2.90. The number of aromatic nitrogens is 2. The molecule has 0 amide bonds. The Morgan fingerprint density at radius 1 is 1.35 bits per heavy atom.